The van der Waals surface area contributed by atoms with Crippen molar-refractivity contribution in [2.45, 2.75) is 26.2 Å². The molecule has 1 saturated heterocycles. The molecule has 16 heavy (non-hydrogen) atoms. The van der Waals surface area contributed by atoms with Gasteiger partial charge in [-0.2, -0.15) is 11.8 Å². The minimum Gasteiger partial charge on any atom is -0.393 e. The molecule has 0 aromatic rings. The van der Waals surface area contributed by atoms with Gasteiger partial charge in [0, 0.05) is 6.54 Å². The Morgan fingerprint density at radius 1 is 1.56 bits per heavy atom. The summed E-state index contributed by atoms with van der Waals surface area (Å²) < 4.78 is 0. The molecule has 1 amide bonds. The highest BCUT2D eigenvalue weighted by Crippen LogP contribution is 2.21. The molecule has 1 fully saturated rings. The Morgan fingerprint density at radius 2 is 2.19 bits per heavy atom. The molecule has 3 N–H and O–H groups in total. The van der Waals surface area contributed by atoms with Gasteiger partial charge in [-0.3, -0.25) is 4.79 Å². The number of hydrogen-bond acceptors (Lipinski definition) is 3. The normalized spacial score (nSPS) is 19.1. The summed E-state index contributed by atoms with van der Waals surface area (Å²) in [7, 11) is 0. The Kier molecular flexibility index (Phi) is 6.13. The Hall–Kier alpha value is -0.290. The van der Waals surface area contributed by atoms with E-state index in [9.17, 15) is 4.79 Å². The van der Waals surface area contributed by atoms with Gasteiger partial charge >= 0.3 is 0 Å². The molecular weight excluding hydrogens is 240 g/mol. The fraction of sp³-hybridized carbons (Fsp3) is 0.818. The largest absolute Gasteiger partial charge is 0.393 e. The molecule has 1 heterocycles. The summed E-state index contributed by atoms with van der Waals surface area (Å²) in [6, 6.07) is 0. The van der Waals surface area contributed by atoms with Crippen molar-refractivity contribution >= 4 is 34.9 Å². The van der Waals surface area contributed by atoms with Crippen molar-refractivity contribution in [2.75, 3.05) is 18.1 Å². The zero-order chi connectivity index (χ0) is 12.0. The fourth-order valence-corrected chi connectivity index (χ4v) is 3.31. The van der Waals surface area contributed by atoms with Crippen LogP contribution in [0.3, 0.4) is 0 Å². The Labute approximate surface area is 107 Å². The van der Waals surface area contributed by atoms with E-state index in [1.807, 2.05) is 18.7 Å². The number of nitrogens with two attached hydrogens (primary N) is 1. The Balaban J connectivity index is 2.30. The lowest BCUT2D eigenvalue weighted by Crippen LogP contribution is -2.40. The summed E-state index contributed by atoms with van der Waals surface area (Å²) in [5.41, 5.74) is 5.52. The number of thiocarbonyl (C=S) groups is 1. The Morgan fingerprint density at radius 3 is 2.69 bits per heavy atom. The van der Waals surface area contributed by atoms with Crippen LogP contribution in [0.25, 0.3) is 0 Å². The molecule has 1 aliphatic heterocycles. The SMILES string of the molecule is CCC(C(=O)NCC1CCSCC1)C(N)=S. The van der Waals surface area contributed by atoms with Gasteiger partial charge in [-0.15, -0.1) is 0 Å². The second-order valence-corrected chi connectivity index (χ2v) is 5.86. The minimum absolute atomic E-state index is 0.00627. The van der Waals surface area contributed by atoms with E-state index in [-0.39, 0.29) is 11.8 Å². The molecule has 0 spiro atoms. The second kappa shape index (κ2) is 7.12. The number of hydrogen-bond donors (Lipinski definition) is 2. The van der Waals surface area contributed by atoms with E-state index in [1.165, 1.54) is 24.3 Å². The average Bonchev–Trinajstić information content (AvgIpc) is 2.28. The van der Waals surface area contributed by atoms with Gasteiger partial charge in [-0.05, 0) is 36.7 Å². The number of rotatable bonds is 5. The van der Waals surface area contributed by atoms with Crippen LogP contribution in [0.2, 0.25) is 0 Å². The van der Waals surface area contributed by atoms with Crippen molar-refractivity contribution in [1.82, 2.24) is 5.32 Å². The monoisotopic (exact) mass is 260 g/mol. The molecule has 3 nitrogen and oxygen atoms in total. The van der Waals surface area contributed by atoms with Crippen molar-refractivity contribution in [3.8, 4) is 0 Å². The molecule has 1 atom stereocenters. The quantitative estimate of drug-likeness (QED) is 0.737. The number of amides is 1. The molecule has 92 valence electrons. The summed E-state index contributed by atoms with van der Waals surface area (Å²) in [6.45, 7) is 2.71. The van der Waals surface area contributed by atoms with Crippen LogP contribution >= 0.6 is 24.0 Å². The van der Waals surface area contributed by atoms with E-state index in [0.29, 0.717) is 17.3 Å². The smallest absolute Gasteiger partial charge is 0.229 e. The molecule has 0 radical (unpaired) electrons. The summed E-state index contributed by atoms with van der Waals surface area (Å²) in [5, 5.41) is 2.97. The maximum Gasteiger partial charge on any atom is 0.229 e. The topological polar surface area (TPSA) is 55.1 Å². The van der Waals surface area contributed by atoms with Crippen LogP contribution in [0.1, 0.15) is 26.2 Å². The van der Waals surface area contributed by atoms with Gasteiger partial charge in [0.25, 0.3) is 0 Å². The lowest BCUT2D eigenvalue weighted by Gasteiger charge is -2.22. The highest BCUT2D eigenvalue weighted by atomic mass is 32.2. The van der Waals surface area contributed by atoms with Gasteiger partial charge in [0.1, 0.15) is 0 Å². The molecule has 1 aliphatic rings. The molecule has 1 rings (SSSR count). The van der Waals surface area contributed by atoms with Gasteiger partial charge in [0.05, 0.1) is 10.9 Å². The van der Waals surface area contributed by atoms with E-state index >= 15 is 0 Å². The van der Waals surface area contributed by atoms with Gasteiger partial charge in [0.2, 0.25) is 5.91 Å². The molecule has 1 unspecified atom stereocenters. The number of nitrogens with one attached hydrogen (secondary N) is 1. The molecule has 0 aromatic heterocycles. The van der Waals surface area contributed by atoms with E-state index in [0.717, 1.165) is 6.54 Å². The maximum absolute atomic E-state index is 11.8. The van der Waals surface area contributed by atoms with Crippen LogP contribution in [0.15, 0.2) is 0 Å². The molecule has 0 saturated carbocycles. The first-order valence-electron chi connectivity index (χ1n) is 5.80. The first-order valence-corrected chi connectivity index (χ1v) is 7.36. The summed E-state index contributed by atoms with van der Waals surface area (Å²) >= 11 is 6.87. The molecule has 0 bridgehead atoms. The fourth-order valence-electron chi connectivity index (χ4n) is 1.83. The highest BCUT2D eigenvalue weighted by Gasteiger charge is 2.20. The average molecular weight is 260 g/mol. The predicted molar refractivity (Wildman–Crippen MR) is 73.6 cm³/mol. The Bertz CT molecular complexity index is 252. The van der Waals surface area contributed by atoms with Crippen LogP contribution in [-0.2, 0) is 4.79 Å². The molecule has 5 heteroatoms. The third kappa shape index (κ3) is 4.29. The minimum atomic E-state index is -0.298. The summed E-state index contributed by atoms with van der Waals surface area (Å²) in [5.74, 6) is 2.76. The van der Waals surface area contributed by atoms with Crippen molar-refractivity contribution in [3.05, 3.63) is 0 Å². The van der Waals surface area contributed by atoms with Crippen LogP contribution in [0.5, 0.6) is 0 Å². The van der Waals surface area contributed by atoms with E-state index in [2.05, 4.69) is 5.32 Å². The third-order valence-corrected chi connectivity index (χ3v) is 4.31. The zero-order valence-corrected chi connectivity index (χ0v) is 11.3. The van der Waals surface area contributed by atoms with Gasteiger partial charge in [-0.25, -0.2) is 0 Å². The predicted octanol–water partition coefficient (Wildman–Crippen LogP) is 1.56. The number of carbonyl (C=O) groups is 1. The standard InChI is InChI=1S/C11H20N2OS2/c1-2-9(10(12)15)11(14)13-7-8-3-5-16-6-4-8/h8-9H,2-7H2,1H3,(H2,12,15)(H,13,14). The summed E-state index contributed by atoms with van der Waals surface area (Å²) in [4.78, 5) is 12.1. The van der Waals surface area contributed by atoms with Gasteiger partial charge in [0.15, 0.2) is 0 Å². The zero-order valence-electron chi connectivity index (χ0n) is 9.70. The summed E-state index contributed by atoms with van der Waals surface area (Å²) in [6.07, 6.45) is 3.09. The van der Waals surface area contributed by atoms with Crippen LogP contribution in [-0.4, -0.2) is 28.9 Å². The molecule has 0 aromatic carbocycles. The highest BCUT2D eigenvalue weighted by molar-refractivity contribution is 7.99. The molecular formula is C11H20N2OS2. The lowest BCUT2D eigenvalue weighted by atomic mass is 10.0. The van der Waals surface area contributed by atoms with Crippen LogP contribution in [0.4, 0.5) is 0 Å². The van der Waals surface area contributed by atoms with Crippen molar-refractivity contribution < 1.29 is 4.79 Å². The van der Waals surface area contributed by atoms with Crippen molar-refractivity contribution in [1.29, 1.82) is 0 Å². The van der Waals surface area contributed by atoms with Gasteiger partial charge < -0.3 is 11.1 Å². The van der Waals surface area contributed by atoms with Crippen LogP contribution in [0, 0.1) is 11.8 Å². The maximum atomic E-state index is 11.8. The van der Waals surface area contributed by atoms with E-state index in [1.54, 1.807) is 0 Å². The first kappa shape index (κ1) is 13.8. The van der Waals surface area contributed by atoms with Crippen molar-refractivity contribution in [3.63, 3.8) is 0 Å². The number of carbonyl (C=O) groups excluding carboxylic acids is 1. The molecule has 0 aliphatic carbocycles. The van der Waals surface area contributed by atoms with Crippen LogP contribution < -0.4 is 11.1 Å². The van der Waals surface area contributed by atoms with Crippen molar-refractivity contribution in [2.24, 2.45) is 17.6 Å². The third-order valence-electron chi connectivity index (χ3n) is 2.97. The lowest BCUT2D eigenvalue weighted by molar-refractivity contribution is -0.123. The number of thioether (sulfide) groups is 1. The second-order valence-electron chi connectivity index (χ2n) is 4.16. The van der Waals surface area contributed by atoms with E-state index < -0.39 is 0 Å². The van der Waals surface area contributed by atoms with E-state index in [4.69, 9.17) is 18.0 Å². The first-order chi connectivity index (χ1) is 7.65. The van der Waals surface area contributed by atoms with Gasteiger partial charge in [-0.1, -0.05) is 19.1 Å².